The largest absolute Gasteiger partial charge is 0.425 e. The van der Waals surface area contributed by atoms with Crippen molar-refractivity contribution < 1.29 is 18.3 Å². The summed E-state index contributed by atoms with van der Waals surface area (Å²) in [4.78, 5) is 22.4. The summed E-state index contributed by atoms with van der Waals surface area (Å²) in [5, 5.41) is 10.5. The molecule has 0 fully saturated rings. The molecule has 30 heavy (non-hydrogen) atoms. The molecule has 0 aliphatic carbocycles. The number of aliphatic hydroxyl groups is 1. The number of anilines is 1. The molecule has 6 nitrogen and oxygen atoms in total. The van der Waals surface area contributed by atoms with Crippen molar-refractivity contribution in [2.24, 2.45) is 0 Å². The van der Waals surface area contributed by atoms with E-state index >= 15 is 0 Å². The highest BCUT2D eigenvalue weighted by Gasteiger charge is 2.32. The second kappa shape index (κ2) is 7.51. The lowest BCUT2D eigenvalue weighted by Gasteiger charge is -2.32. The third-order valence-electron chi connectivity index (χ3n) is 5.03. The molecule has 0 spiro atoms. The van der Waals surface area contributed by atoms with E-state index < -0.39 is 22.8 Å². The summed E-state index contributed by atoms with van der Waals surface area (Å²) < 4.78 is 39.7. The van der Waals surface area contributed by atoms with Gasteiger partial charge in [0.2, 0.25) is 5.95 Å². The first kappa shape index (κ1) is 20.5. The molecule has 3 aromatic rings. The number of aromatic nitrogens is 3. The highest BCUT2D eigenvalue weighted by molar-refractivity contribution is 7.12. The molecular formula is C20H19F3N4O2S. The number of hydrogen-bond donors (Lipinski definition) is 1. The fraction of sp³-hybridized carbons (Fsp3) is 0.350. The van der Waals surface area contributed by atoms with Crippen molar-refractivity contribution in [2.45, 2.75) is 39.2 Å². The van der Waals surface area contributed by atoms with Crippen LogP contribution in [0.3, 0.4) is 0 Å². The number of alkyl halides is 3. The molecule has 2 aromatic heterocycles. The van der Waals surface area contributed by atoms with Gasteiger partial charge in [0.05, 0.1) is 19.2 Å². The van der Waals surface area contributed by atoms with E-state index in [1.54, 1.807) is 11.8 Å². The minimum Gasteiger partial charge on any atom is -0.387 e. The van der Waals surface area contributed by atoms with Crippen LogP contribution in [0.4, 0.5) is 19.1 Å². The van der Waals surface area contributed by atoms with Crippen molar-refractivity contribution >= 4 is 17.3 Å². The lowest BCUT2D eigenvalue weighted by molar-refractivity contribution is -0.134. The van der Waals surface area contributed by atoms with Crippen molar-refractivity contribution in [2.75, 3.05) is 11.4 Å². The Morgan fingerprint density at radius 2 is 1.97 bits per heavy atom. The van der Waals surface area contributed by atoms with E-state index in [2.05, 4.69) is 9.97 Å². The van der Waals surface area contributed by atoms with Crippen LogP contribution in [-0.2, 0) is 19.3 Å². The first-order valence-electron chi connectivity index (χ1n) is 9.25. The van der Waals surface area contributed by atoms with Gasteiger partial charge in [-0.25, -0.2) is 4.79 Å². The van der Waals surface area contributed by atoms with Crippen LogP contribution in [0.1, 0.15) is 38.4 Å². The molecule has 0 saturated carbocycles. The van der Waals surface area contributed by atoms with Crippen LogP contribution >= 0.6 is 11.3 Å². The third kappa shape index (κ3) is 3.97. The van der Waals surface area contributed by atoms with Gasteiger partial charge in [-0.1, -0.05) is 23.8 Å². The minimum atomic E-state index is -4.41. The summed E-state index contributed by atoms with van der Waals surface area (Å²) in [6.07, 6.45) is -5.14. The number of rotatable bonds is 3. The van der Waals surface area contributed by atoms with Gasteiger partial charge >= 0.3 is 11.9 Å². The Hall–Kier alpha value is -2.72. The minimum absolute atomic E-state index is 0.0313. The van der Waals surface area contributed by atoms with E-state index in [9.17, 15) is 23.1 Å². The summed E-state index contributed by atoms with van der Waals surface area (Å²) in [5.74, 6) is 0.539. The lowest BCUT2D eigenvalue weighted by Crippen LogP contribution is -2.38. The maximum atomic E-state index is 12.8. The predicted octanol–water partition coefficient (Wildman–Crippen LogP) is 3.44. The van der Waals surface area contributed by atoms with Crippen LogP contribution in [0, 0.1) is 13.8 Å². The Morgan fingerprint density at radius 3 is 2.63 bits per heavy atom. The van der Waals surface area contributed by atoms with Crippen molar-refractivity contribution in [3.05, 3.63) is 73.1 Å². The fourth-order valence-corrected chi connectivity index (χ4v) is 4.37. The molecule has 4 rings (SSSR count). The highest BCUT2D eigenvalue weighted by Crippen LogP contribution is 2.35. The molecule has 0 saturated heterocycles. The molecule has 1 aliphatic heterocycles. The zero-order valence-electron chi connectivity index (χ0n) is 16.3. The molecule has 10 heteroatoms. The number of aliphatic hydroxyl groups excluding tert-OH is 1. The number of halogens is 3. The van der Waals surface area contributed by atoms with Gasteiger partial charge in [-0.15, -0.1) is 11.3 Å². The summed E-state index contributed by atoms with van der Waals surface area (Å²) >= 11 is 0.594. The summed E-state index contributed by atoms with van der Waals surface area (Å²) in [6.45, 7) is 4.24. The van der Waals surface area contributed by atoms with Crippen LogP contribution in [0.15, 0.2) is 35.1 Å². The van der Waals surface area contributed by atoms with E-state index in [1.807, 2.05) is 25.1 Å². The van der Waals surface area contributed by atoms with E-state index in [-0.39, 0.29) is 19.0 Å². The number of benzene rings is 1. The fourth-order valence-electron chi connectivity index (χ4n) is 3.51. The van der Waals surface area contributed by atoms with Crippen LogP contribution < -0.4 is 10.6 Å². The molecular weight excluding hydrogens is 417 g/mol. The van der Waals surface area contributed by atoms with E-state index in [0.717, 1.165) is 22.8 Å². The molecule has 1 N–H and O–H groups in total. The molecule has 1 atom stereocenters. The van der Waals surface area contributed by atoms with Gasteiger partial charge in [0.1, 0.15) is 10.7 Å². The van der Waals surface area contributed by atoms with E-state index in [4.69, 9.17) is 0 Å². The first-order valence-corrected chi connectivity index (χ1v) is 10.1. The average molecular weight is 436 g/mol. The smallest absolute Gasteiger partial charge is 0.387 e. The Balaban J connectivity index is 1.60. The van der Waals surface area contributed by atoms with Crippen LogP contribution in [0.5, 0.6) is 0 Å². The molecule has 1 aromatic carbocycles. The molecule has 0 amide bonds. The Morgan fingerprint density at radius 1 is 1.20 bits per heavy atom. The maximum absolute atomic E-state index is 12.8. The van der Waals surface area contributed by atoms with Crippen LogP contribution in [-0.4, -0.2) is 26.2 Å². The standard InChI is InChI=1S/C20H19F3N4O2S/c1-11-3-4-13-8-26(10-16(28)15(13)7-11)18-24-12(2)27(19(29)25-18)9-14-5-6-17(30-14)20(21,22)23/h3-7,16,28H,8-10H2,1-2H3. The summed E-state index contributed by atoms with van der Waals surface area (Å²) in [5.41, 5.74) is 2.25. The topological polar surface area (TPSA) is 71.2 Å². The van der Waals surface area contributed by atoms with Crippen molar-refractivity contribution in [1.29, 1.82) is 0 Å². The normalized spacial score (nSPS) is 16.6. The number of nitrogens with zero attached hydrogens (tertiary/aromatic N) is 4. The van der Waals surface area contributed by atoms with Crippen molar-refractivity contribution in [3.63, 3.8) is 0 Å². The number of β-amino-alcohol motifs (C(OH)–C–C–N with tert-alkyl or cyclic N) is 1. The van der Waals surface area contributed by atoms with Gasteiger partial charge in [-0.3, -0.25) is 4.57 Å². The zero-order valence-corrected chi connectivity index (χ0v) is 17.1. The Labute approximate surface area is 174 Å². The van der Waals surface area contributed by atoms with Gasteiger partial charge in [-0.2, -0.15) is 23.1 Å². The van der Waals surface area contributed by atoms with Crippen LogP contribution in [0.2, 0.25) is 0 Å². The Kier molecular flexibility index (Phi) is 5.15. The average Bonchev–Trinajstić information content (AvgIpc) is 3.14. The van der Waals surface area contributed by atoms with Gasteiger partial charge in [0.15, 0.2) is 0 Å². The SMILES string of the molecule is Cc1ccc2c(c1)C(O)CN(c1nc(C)n(Cc3ccc(C(F)(F)F)s3)c(=O)n1)C2. The van der Waals surface area contributed by atoms with Gasteiger partial charge in [0.25, 0.3) is 0 Å². The molecule has 0 bridgehead atoms. The van der Waals surface area contributed by atoms with Gasteiger partial charge < -0.3 is 10.0 Å². The second-order valence-corrected chi connectivity index (χ2v) is 8.47. The predicted molar refractivity (Wildman–Crippen MR) is 107 cm³/mol. The number of fused-ring (bicyclic) bond motifs is 1. The van der Waals surface area contributed by atoms with Crippen molar-refractivity contribution in [3.8, 4) is 0 Å². The highest BCUT2D eigenvalue weighted by atomic mass is 32.1. The van der Waals surface area contributed by atoms with Crippen molar-refractivity contribution in [1.82, 2.24) is 14.5 Å². The Bertz CT molecular complexity index is 1160. The number of hydrogen-bond acceptors (Lipinski definition) is 6. The molecule has 0 radical (unpaired) electrons. The quantitative estimate of drug-likeness (QED) is 0.681. The first-order chi connectivity index (χ1) is 14.1. The van der Waals surface area contributed by atoms with E-state index in [1.165, 1.54) is 10.6 Å². The number of thiophene rings is 1. The third-order valence-corrected chi connectivity index (χ3v) is 6.15. The number of aryl methyl sites for hydroxylation is 2. The second-order valence-electron chi connectivity index (χ2n) is 7.30. The summed E-state index contributed by atoms with van der Waals surface area (Å²) in [6, 6.07) is 8.19. The van der Waals surface area contributed by atoms with E-state index in [0.29, 0.717) is 28.6 Å². The molecule has 1 unspecified atom stereocenters. The van der Waals surface area contributed by atoms with Gasteiger partial charge in [-0.05, 0) is 37.1 Å². The van der Waals surface area contributed by atoms with Crippen LogP contribution in [0.25, 0.3) is 0 Å². The summed E-state index contributed by atoms with van der Waals surface area (Å²) in [7, 11) is 0. The molecule has 3 heterocycles. The lowest BCUT2D eigenvalue weighted by atomic mass is 9.96. The molecule has 1 aliphatic rings. The maximum Gasteiger partial charge on any atom is 0.425 e. The zero-order chi connectivity index (χ0) is 21.6. The van der Waals surface area contributed by atoms with Gasteiger partial charge in [0, 0.05) is 11.4 Å². The molecule has 158 valence electrons. The monoisotopic (exact) mass is 436 g/mol.